The van der Waals surface area contributed by atoms with E-state index >= 15 is 0 Å². The number of ether oxygens (including phenoxy) is 5. The van der Waals surface area contributed by atoms with Crippen molar-refractivity contribution in [1.29, 1.82) is 0 Å². The molecule has 94 valence electrons. The molecule has 2 heterocycles. The quantitative estimate of drug-likeness (QED) is 0.685. The topological polar surface area (TPSA) is 46.2 Å². The summed E-state index contributed by atoms with van der Waals surface area (Å²) in [5.74, 6) is -1.24. The van der Waals surface area contributed by atoms with Crippen molar-refractivity contribution in [1.82, 2.24) is 0 Å². The van der Waals surface area contributed by atoms with Crippen LogP contribution in [0.5, 0.6) is 0 Å². The standard InChI is InChI=1S/C11H20O5/c1-10(2,12-5)14-7-6-13-9-8(7)15-11(3,4)16-9/h7-9H,6H2,1-5H3/t7?,8-,9-/m0/s1. The van der Waals surface area contributed by atoms with Crippen LogP contribution in [-0.2, 0) is 23.7 Å². The maximum Gasteiger partial charge on any atom is 0.189 e. The lowest BCUT2D eigenvalue weighted by Crippen LogP contribution is -2.40. The van der Waals surface area contributed by atoms with Crippen LogP contribution in [-0.4, -0.2) is 43.8 Å². The monoisotopic (exact) mass is 232 g/mol. The Morgan fingerprint density at radius 3 is 2.56 bits per heavy atom. The lowest BCUT2D eigenvalue weighted by molar-refractivity contribution is -0.252. The van der Waals surface area contributed by atoms with Gasteiger partial charge in [0.15, 0.2) is 17.9 Å². The molecule has 2 fully saturated rings. The van der Waals surface area contributed by atoms with Crippen molar-refractivity contribution in [3.63, 3.8) is 0 Å². The molecule has 2 aliphatic heterocycles. The lowest BCUT2D eigenvalue weighted by Gasteiger charge is -2.29. The van der Waals surface area contributed by atoms with Crippen LogP contribution in [0.2, 0.25) is 0 Å². The lowest BCUT2D eigenvalue weighted by atomic mass is 10.2. The third-order valence-corrected chi connectivity index (χ3v) is 2.81. The first-order valence-electron chi connectivity index (χ1n) is 5.53. The highest BCUT2D eigenvalue weighted by atomic mass is 16.8. The first-order chi connectivity index (χ1) is 7.33. The van der Waals surface area contributed by atoms with E-state index in [9.17, 15) is 0 Å². The second kappa shape index (κ2) is 3.92. The average Bonchev–Trinajstić information content (AvgIpc) is 2.63. The van der Waals surface area contributed by atoms with Gasteiger partial charge in [0, 0.05) is 7.11 Å². The highest BCUT2D eigenvalue weighted by Crippen LogP contribution is 2.36. The van der Waals surface area contributed by atoms with Crippen molar-refractivity contribution in [3.05, 3.63) is 0 Å². The summed E-state index contributed by atoms with van der Waals surface area (Å²) >= 11 is 0. The Balaban J connectivity index is 1.99. The van der Waals surface area contributed by atoms with Gasteiger partial charge in [0.1, 0.15) is 12.2 Å². The molecule has 0 aromatic heterocycles. The first kappa shape index (κ1) is 12.3. The minimum atomic E-state index is -0.640. The van der Waals surface area contributed by atoms with Crippen molar-refractivity contribution in [3.8, 4) is 0 Å². The second-order valence-corrected chi connectivity index (χ2v) is 5.06. The fraction of sp³-hybridized carbons (Fsp3) is 1.00. The van der Waals surface area contributed by atoms with E-state index in [1.165, 1.54) is 0 Å². The van der Waals surface area contributed by atoms with E-state index in [4.69, 9.17) is 23.7 Å². The van der Waals surface area contributed by atoms with Crippen LogP contribution in [0.15, 0.2) is 0 Å². The van der Waals surface area contributed by atoms with Gasteiger partial charge in [0.2, 0.25) is 0 Å². The van der Waals surface area contributed by atoms with E-state index in [-0.39, 0.29) is 18.5 Å². The van der Waals surface area contributed by atoms with Crippen molar-refractivity contribution < 1.29 is 23.7 Å². The number of hydrogen-bond donors (Lipinski definition) is 0. The largest absolute Gasteiger partial charge is 0.354 e. The molecule has 16 heavy (non-hydrogen) atoms. The zero-order valence-electron chi connectivity index (χ0n) is 10.5. The molecule has 0 spiro atoms. The zero-order valence-corrected chi connectivity index (χ0v) is 10.5. The summed E-state index contributed by atoms with van der Waals surface area (Å²) in [6.07, 6.45) is -0.654. The van der Waals surface area contributed by atoms with Gasteiger partial charge in [-0.3, -0.25) is 0 Å². The molecule has 3 atom stereocenters. The maximum atomic E-state index is 5.80. The summed E-state index contributed by atoms with van der Waals surface area (Å²) in [6.45, 7) is 7.93. The van der Waals surface area contributed by atoms with Gasteiger partial charge >= 0.3 is 0 Å². The second-order valence-electron chi connectivity index (χ2n) is 5.06. The molecule has 5 nitrogen and oxygen atoms in total. The van der Waals surface area contributed by atoms with Gasteiger partial charge in [-0.1, -0.05) is 0 Å². The van der Waals surface area contributed by atoms with E-state index in [2.05, 4.69) is 0 Å². The Labute approximate surface area is 95.9 Å². The van der Waals surface area contributed by atoms with E-state index < -0.39 is 11.6 Å². The molecule has 2 aliphatic rings. The fourth-order valence-electron chi connectivity index (χ4n) is 1.94. The molecule has 0 saturated carbocycles. The average molecular weight is 232 g/mol. The molecule has 0 aliphatic carbocycles. The van der Waals surface area contributed by atoms with Crippen LogP contribution in [0.3, 0.4) is 0 Å². The highest BCUT2D eigenvalue weighted by molar-refractivity contribution is 4.88. The molecule has 0 radical (unpaired) electrons. The van der Waals surface area contributed by atoms with Crippen LogP contribution in [0.1, 0.15) is 27.7 Å². The van der Waals surface area contributed by atoms with Crippen LogP contribution >= 0.6 is 0 Å². The molecule has 0 aromatic carbocycles. The smallest absolute Gasteiger partial charge is 0.189 e. The van der Waals surface area contributed by atoms with Crippen LogP contribution < -0.4 is 0 Å². The Morgan fingerprint density at radius 2 is 1.94 bits per heavy atom. The van der Waals surface area contributed by atoms with E-state index in [0.717, 1.165) is 0 Å². The summed E-state index contributed by atoms with van der Waals surface area (Å²) in [7, 11) is 1.61. The molecule has 0 aromatic rings. The summed E-state index contributed by atoms with van der Waals surface area (Å²) in [5.41, 5.74) is 0. The molecule has 0 bridgehead atoms. The van der Waals surface area contributed by atoms with Gasteiger partial charge in [-0.15, -0.1) is 0 Å². The van der Waals surface area contributed by atoms with Gasteiger partial charge in [0.25, 0.3) is 0 Å². The van der Waals surface area contributed by atoms with Crippen LogP contribution in [0.4, 0.5) is 0 Å². The Morgan fingerprint density at radius 1 is 1.25 bits per heavy atom. The van der Waals surface area contributed by atoms with Crippen molar-refractivity contribution in [2.75, 3.05) is 13.7 Å². The summed E-state index contributed by atoms with van der Waals surface area (Å²) in [5, 5.41) is 0. The van der Waals surface area contributed by atoms with E-state index in [1.807, 2.05) is 27.7 Å². The predicted octanol–water partition coefficient (Wildman–Crippen LogP) is 1.26. The number of methoxy groups -OCH3 is 1. The summed E-state index contributed by atoms with van der Waals surface area (Å²) in [4.78, 5) is 0. The molecule has 0 N–H and O–H groups in total. The first-order valence-corrected chi connectivity index (χ1v) is 5.53. The Hall–Kier alpha value is -0.200. The van der Waals surface area contributed by atoms with Gasteiger partial charge < -0.3 is 23.7 Å². The van der Waals surface area contributed by atoms with E-state index in [1.54, 1.807) is 7.11 Å². The van der Waals surface area contributed by atoms with Crippen molar-refractivity contribution in [2.45, 2.75) is 57.8 Å². The summed E-state index contributed by atoms with van der Waals surface area (Å²) < 4.78 is 27.9. The highest BCUT2D eigenvalue weighted by Gasteiger charge is 2.52. The number of hydrogen-bond acceptors (Lipinski definition) is 5. The van der Waals surface area contributed by atoms with Crippen LogP contribution in [0, 0.1) is 0 Å². The molecule has 2 rings (SSSR count). The molecule has 1 unspecified atom stereocenters. The zero-order chi connectivity index (χ0) is 12.0. The molecule has 0 amide bonds. The Kier molecular flexibility index (Phi) is 3.01. The SMILES string of the molecule is COC(C)(C)OC1CO[C@H]2OC(C)(C)O[C@@H]12. The molecule has 5 heteroatoms. The van der Waals surface area contributed by atoms with Gasteiger partial charge in [0.05, 0.1) is 6.61 Å². The normalized spacial score (nSPS) is 37.7. The third kappa shape index (κ3) is 2.38. The summed E-state index contributed by atoms with van der Waals surface area (Å²) in [6, 6.07) is 0. The fourth-order valence-corrected chi connectivity index (χ4v) is 1.94. The van der Waals surface area contributed by atoms with E-state index in [0.29, 0.717) is 6.61 Å². The molecular weight excluding hydrogens is 212 g/mol. The molecular formula is C11H20O5. The van der Waals surface area contributed by atoms with Gasteiger partial charge in [-0.2, -0.15) is 0 Å². The van der Waals surface area contributed by atoms with Crippen molar-refractivity contribution in [2.24, 2.45) is 0 Å². The number of fused-ring (bicyclic) bond motifs is 1. The minimum absolute atomic E-state index is 0.151. The Bertz CT molecular complexity index is 263. The van der Waals surface area contributed by atoms with Gasteiger partial charge in [-0.05, 0) is 27.7 Å². The van der Waals surface area contributed by atoms with Crippen molar-refractivity contribution >= 4 is 0 Å². The van der Waals surface area contributed by atoms with Crippen LogP contribution in [0.25, 0.3) is 0 Å². The minimum Gasteiger partial charge on any atom is -0.354 e. The third-order valence-electron chi connectivity index (χ3n) is 2.81. The maximum absolute atomic E-state index is 5.80. The molecule has 2 saturated heterocycles. The predicted molar refractivity (Wildman–Crippen MR) is 55.7 cm³/mol. The van der Waals surface area contributed by atoms with Gasteiger partial charge in [-0.25, -0.2) is 0 Å². The number of rotatable bonds is 3.